The largest absolute Gasteiger partial charge is 0.464 e. The Morgan fingerprint density at radius 2 is 2.04 bits per heavy atom. The maximum atomic E-state index is 12.1. The molecule has 134 valence electrons. The van der Waals surface area contributed by atoms with E-state index in [0.29, 0.717) is 18.9 Å². The molecule has 0 aliphatic heterocycles. The topological polar surface area (TPSA) is 68.1 Å². The summed E-state index contributed by atoms with van der Waals surface area (Å²) in [6.07, 6.45) is 7.15. The van der Waals surface area contributed by atoms with Crippen molar-refractivity contribution in [2.75, 3.05) is 6.61 Å². The predicted octanol–water partition coefficient (Wildman–Crippen LogP) is 4.22. The number of carbonyl (C=O) groups is 1. The minimum absolute atomic E-state index is 0. The minimum Gasteiger partial charge on any atom is -0.464 e. The number of hydrogen-bond donors (Lipinski definition) is 2. The Morgan fingerprint density at radius 1 is 1.29 bits per heavy atom. The van der Waals surface area contributed by atoms with Crippen LogP contribution in [-0.2, 0) is 16.0 Å². The number of benzene rings is 1. The van der Waals surface area contributed by atoms with E-state index in [1.54, 1.807) is 0 Å². The molecule has 1 heterocycles. The molecule has 0 bridgehead atoms. The van der Waals surface area contributed by atoms with Crippen molar-refractivity contribution in [3.63, 3.8) is 0 Å². The summed E-state index contributed by atoms with van der Waals surface area (Å²) in [7, 11) is 0. The highest BCUT2D eigenvalue weighted by Gasteiger charge is 2.18. The molecule has 2 atom stereocenters. The second-order valence-electron chi connectivity index (χ2n) is 6.40. The monoisotopic (exact) mass is 352 g/mol. The molecular weight excluding hydrogens is 324 g/mol. The summed E-state index contributed by atoms with van der Waals surface area (Å²) in [6.45, 7) is 4.77. The molecular formula is C19H29ClN2O2. The number of nitrogens with one attached hydrogen (secondary N) is 1. The average Bonchev–Trinajstić information content (AvgIpc) is 2.96. The molecule has 5 heteroatoms. The van der Waals surface area contributed by atoms with Gasteiger partial charge in [-0.3, -0.25) is 4.79 Å². The number of H-pyrrole nitrogens is 1. The second kappa shape index (κ2) is 10.4. The van der Waals surface area contributed by atoms with E-state index in [1.807, 2.05) is 30.5 Å². The van der Waals surface area contributed by atoms with Crippen molar-refractivity contribution in [1.29, 1.82) is 0 Å². The molecule has 0 amide bonds. The summed E-state index contributed by atoms with van der Waals surface area (Å²) in [5.74, 6) is 0.0865. The number of unbranched alkanes of at least 4 members (excludes halogenated alkanes) is 2. The van der Waals surface area contributed by atoms with Crippen LogP contribution >= 0.6 is 12.4 Å². The van der Waals surface area contributed by atoms with Gasteiger partial charge in [-0.2, -0.15) is 0 Å². The second-order valence-corrected chi connectivity index (χ2v) is 6.40. The Labute approximate surface area is 150 Å². The molecule has 0 fully saturated rings. The Kier molecular flexibility index (Phi) is 8.87. The van der Waals surface area contributed by atoms with Crippen LogP contribution in [0.3, 0.4) is 0 Å². The molecule has 24 heavy (non-hydrogen) atoms. The number of para-hydroxylation sites is 1. The normalized spacial score (nSPS) is 13.3. The summed E-state index contributed by atoms with van der Waals surface area (Å²) < 4.78 is 5.38. The standard InChI is InChI=1S/C19H28N2O2.ClH/c1-3-4-5-8-14(2)13-23-19(22)17(20)11-15-12-21-18-10-7-6-9-16(15)18;/h6-7,9-10,12,14,17,21H,3-5,8,11,13,20H2,1-2H3;1H/t14?,17-;/m0./s1. The van der Waals surface area contributed by atoms with Gasteiger partial charge < -0.3 is 15.5 Å². The van der Waals surface area contributed by atoms with Crippen molar-refractivity contribution in [3.05, 3.63) is 36.0 Å². The molecule has 0 aliphatic carbocycles. The Balaban J connectivity index is 0.00000288. The summed E-state index contributed by atoms with van der Waals surface area (Å²) in [6, 6.07) is 7.41. The van der Waals surface area contributed by atoms with Gasteiger partial charge in [0.2, 0.25) is 0 Å². The smallest absolute Gasteiger partial charge is 0.323 e. The molecule has 4 nitrogen and oxygen atoms in total. The van der Waals surface area contributed by atoms with E-state index in [1.165, 1.54) is 19.3 Å². The van der Waals surface area contributed by atoms with Crippen molar-refractivity contribution < 1.29 is 9.53 Å². The summed E-state index contributed by atoms with van der Waals surface area (Å²) in [4.78, 5) is 15.3. The quantitative estimate of drug-likeness (QED) is 0.524. The lowest BCUT2D eigenvalue weighted by Crippen LogP contribution is -2.35. The fourth-order valence-corrected chi connectivity index (χ4v) is 2.78. The molecule has 1 unspecified atom stereocenters. The van der Waals surface area contributed by atoms with Crippen molar-refractivity contribution in [1.82, 2.24) is 4.98 Å². The molecule has 0 aliphatic rings. The fourth-order valence-electron chi connectivity index (χ4n) is 2.78. The highest BCUT2D eigenvalue weighted by molar-refractivity contribution is 5.85. The van der Waals surface area contributed by atoms with Crippen LogP contribution in [0.15, 0.2) is 30.5 Å². The predicted molar refractivity (Wildman–Crippen MR) is 101 cm³/mol. The number of carbonyl (C=O) groups excluding carboxylic acids is 1. The first-order chi connectivity index (χ1) is 11.1. The first kappa shape index (κ1) is 20.5. The number of fused-ring (bicyclic) bond motifs is 1. The van der Waals surface area contributed by atoms with Crippen molar-refractivity contribution in [3.8, 4) is 0 Å². The number of halogens is 1. The summed E-state index contributed by atoms with van der Waals surface area (Å²) in [5, 5.41) is 1.11. The molecule has 1 aromatic heterocycles. The number of ether oxygens (including phenoxy) is 1. The third kappa shape index (κ3) is 5.84. The van der Waals surface area contributed by atoms with E-state index in [4.69, 9.17) is 10.5 Å². The van der Waals surface area contributed by atoms with Crippen LogP contribution in [0.2, 0.25) is 0 Å². The van der Waals surface area contributed by atoms with Crippen LogP contribution in [0.1, 0.15) is 45.1 Å². The van der Waals surface area contributed by atoms with Crippen LogP contribution < -0.4 is 5.73 Å². The van der Waals surface area contributed by atoms with E-state index in [2.05, 4.69) is 18.8 Å². The Hall–Kier alpha value is -1.52. The van der Waals surface area contributed by atoms with Crippen LogP contribution in [-0.4, -0.2) is 23.6 Å². The van der Waals surface area contributed by atoms with Crippen LogP contribution in [0.25, 0.3) is 10.9 Å². The lowest BCUT2D eigenvalue weighted by molar-refractivity contribution is -0.146. The number of aromatic nitrogens is 1. The van der Waals surface area contributed by atoms with E-state index < -0.39 is 6.04 Å². The molecule has 2 rings (SSSR count). The molecule has 0 radical (unpaired) electrons. The zero-order valence-corrected chi connectivity index (χ0v) is 15.4. The van der Waals surface area contributed by atoms with Gasteiger partial charge in [-0.25, -0.2) is 0 Å². The van der Waals surface area contributed by atoms with Gasteiger partial charge in [0.15, 0.2) is 0 Å². The SMILES string of the molecule is CCCCCC(C)COC(=O)[C@@H](N)Cc1c[nH]c2ccccc12.Cl. The van der Waals surface area contributed by atoms with Gasteiger partial charge >= 0.3 is 5.97 Å². The number of nitrogens with two attached hydrogens (primary N) is 1. The molecule has 0 spiro atoms. The van der Waals surface area contributed by atoms with E-state index in [-0.39, 0.29) is 18.4 Å². The fraction of sp³-hybridized carbons (Fsp3) is 0.526. The molecule has 3 N–H and O–H groups in total. The van der Waals surface area contributed by atoms with E-state index in [0.717, 1.165) is 22.9 Å². The van der Waals surface area contributed by atoms with Crippen molar-refractivity contribution in [2.24, 2.45) is 11.7 Å². The van der Waals surface area contributed by atoms with E-state index in [9.17, 15) is 4.79 Å². The lowest BCUT2D eigenvalue weighted by Gasteiger charge is -2.15. The number of hydrogen-bond acceptors (Lipinski definition) is 3. The highest BCUT2D eigenvalue weighted by atomic mass is 35.5. The highest BCUT2D eigenvalue weighted by Crippen LogP contribution is 2.19. The number of rotatable bonds is 9. The third-order valence-electron chi connectivity index (χ3n) is 4.23. The molecule has 1 aromatic carbocycles. The van der Waals surface area contributed by atoms with Gasteiger partial charge in [0.25, 0.3) is 0 Å². The van der Waals surface area contributed by atoms with Gasteiger partial charge in [-0.1, -0.05) is 51.3 Å². The van der Waals surface area contributed by atoms with Gasteiger partial charge in [-0.05, 0) is 24.0 Å². The zero-order valence-electron chi connectivity index (χ0n) is 14.6. The Bertz CT molecular complexity index is 627. The lowest BCUT2D eigenvalue weighted by atomic mass is 10.0. The first-order valence-corrected chi connectivity index (χ1v) is 8.59. The van der Waals surface area contributed by atoms with Crippen LogP contribution in [0, 0.1) is 5.92 Å². The van der Waals surface area contributed by atoms with Gasteiger partial charge in [0.05, 0.1) is 6.61 Å². The van der Waals surface area contributed by atoms with Crippen molar-refractivity contribution >= 4 is 29.3 Å². The van der Waals surface area contributed by atoms with E-state index >= 15 is 0 Å². The van der Waals surface area contributed by atoms with Crippen LogP contribution in [0.5, 0.6) is 0 Å². The Morgan fingerprint density at radius 3 is 2.79 bits per heavy atom. The third-order valence-corrected chi connectivity index (χ3v) is 4.23. The summed E-state index contributed by atoms with van der Waals surface area (Å²) in [5.41, 5.74) is 8.14. The molecule has 0 saturated carbocycles. The maximum Gasteiger partial charge on any atom is 0.323 e. The molecule has 2 aromatic rings. The van der Waals surface area contributed by atoms with Gasteiger partial charge in [-0.15, -0.1) is 12.4 Å². The number of aromatic amines is 1. The number of esters is 1. The first-order valence-electron chi connectivity index (χ1n) is 8.59. The van der Waals surface area contributed by atoms with Gasteiger partial charge in [0, 0.05) is 23.5 Å². The zero-order chi connectivity index (χ0) is 16.7. The average molecular weight is 353 g/mol. The van der Waals surface area contributed by atoms with Gasteiger partial charge in [0.1, 0.15) is 6.04 Å². The minimum atomic E-state index is -0.614. The molecule has 0 saturated heterocycles. The van der Waals surface area contributed by atoms with Crippen molar-refractivity contribution in [2.45, 2.75) is 52.0 Å². The van der Waals surface area contributed by atoms with Crippen LogP contribution in [0.4, 0.5) is 0 Å². The maximum absolute atomic E-state index is 12.1. The summed E-state index contributed by atoms with van der Waals surface area (Å²) >= 11 is 0.